The van der Waals surface area contributed by atoms with Crippen molar-refractivity contribution in [3.05, 3.63) is 53.2 Å². The number of nitrogens with zero attached hydrogens (tertiary/aromatic N) is 1. The summed E-state index contributed by atoms with van der Waals surface area (Å²) in [5.41, 5.74) is 4.88. The second-order valence-corrected chi connectivity index (χ2v) is 5.15. The second-order valence-electron chi connectivity index (χ2n) is 5.15. The smallest absolute Gasteiger partial charge is 0.201 e. The fourth-order valence-electron chi connectivity index (χ4n) is 2.30. The van der Waals surface area contributed by atoms with Gasteiger partial charge in [0.1, 0.15) is 8.42 Å². The predicted octanol–water partition coefficient (Wildman–Crippen LogP) is 3.92. The van der Waals surface area contributed by atoms with E-state index in [9.17, 15) is 0 Å². The molecule has 0 aliphatic rings. The summed E-state index contributed by atoms with van der Waals surface area (Å²) in [6.45, 7) is 8.15. The highest BCUT2D eigenvalue weighted by Crippen LogP contribution is 2.24. The molecule has 2 aromatic rings. The van der Waals surface area contributed by atoms with Gasteiger partial charge in [-0.1, -0.05) is 32.0 Å². The van der Waals surface area contributed by atoms with E-state index in [0.717, 1.165) is 27.9 Å². The van der Waals surface area contributed by atoms with E-state index in [4.69, 9.17) is 2.74 Å². The van der Waals surface area contributed by atoms with Gasteiger partial charge in [-0.3, -0.25) is 0 Å². The Morgan fingerprint density at radius 2 is 1.78 bits per heavy atom. The average molecular weight is 242 g/mol. The Kier molecular flexibility index (Phi) is 2.82. The van der Waals surface area contributed by atoms with Crippen molar-refractivity contribution in [3.8, 4) is 11.3 Å². The van der Waals surface area contributed by atoms with Gasteiger partial charge in [-0.05, 0) is 37.0 Å². The average Bonchev–Trinajstić information content (AvgIpc) is 2.39. The highest BCUT2D eigenvalue weighted by atomic mass is 14.9. The van der Waals surface area contributed by atoms with E-state index in [2.05, 4.69) is 13.8 Å². The summed E-state index contributed by atoms with van der Waals surface area (Å²) in [4.78, 5) is 0. The standard InChI is InChI=1S/C17H22N/c1-12(2)16-11-18(5)17(10-14(16)4)15-9-7-6-8-13(15)3/h6-12H,1-5H3/q+1/i10D,11D. The Labute approximate surface area is 113 Å². The molecule has 1 aromatic carbocycles. The summed E-state index contributed by atoms with van der Waals surface area (Å²) < 4.78 is 18.7. The molecule has 0 atom stereocenters. The number of aromatic nitrogens is 1. The van der Waals surface area contributed by atoms with Crippen LogP contribution in [0.1, 0.15) is 39.2 Å². The molecule has 1 aromatic heterocycles. The quantitative estimate of drug-likeness (QED) is 0.703. The van der Waals surface area contributed by atoms with Crippen LogP contribution in [0.25, 0.3) is 11.3 Å². The van der Waals surface area contributed by atoms with Crippen molar-refractivity contribution in [2.75, 3.05) is 0 Å². The molecule has 0 unspecified atom stereocenters. The zero-order valence-corrected chi connectivity index (χ0v) is 11.8. The van der Waals surface area contributed by atoms with E-state index >= 15 is 0 Å². The third-order valence-corrected chi connectivity index (χ3v) is 3.31. The van der Waals surface area contributed by atoms with Crippen molar-refractivity contribution in [1.82, 2.24) is 0 Å². The summed E-state index contributed by atoms with van der Waals surface area (Å²) in [6.07, 6.45) is 0.506. The normalized spacial score (nSPS) is 12.6. The van der Waals surface area contributed by atoms with Crippen LogP contribution in [-0.4, -0.2) is 0 Å². The third kappa shape index (κ3) is 2.31. The Hall–Kier alpha value is -1.63. The lowest BCUT2D eigenvalue weighted by molar-refractivity contribution is -0.660. The lowest BCUT2D eigenvalue weighted by atomic mass is 9.97. The number of hydrogen-bond donors (Lipinski definition) is 0. The van der Waals surface area contributed by atoms with Crippen LogP contribution < -0.4 is 4.57 Å². The zero-order valence-electron chi connectivity index (χ0n) is 13.8. The van der Waals surface area contributed by atoms with Gasteiger partial charge in [0, 0.05) is 17.2 Å². The molecule has 1 heterocycles. The van der Waals surface area contributed by atoms with E-state index in [1.165, 1.54) is 0 Å². The molecular formula is C17H22N+. The van der Waals surface area contributed by atoms with Crippen LogP contribution in [0.15, 0.2) is 36.5 Å². The summed E-state index contributed by atoms with van der Waals surface area (Å²) in [6, 6.07) is 8.58. The molecule has 0 radical (unpaired) electrons. The fourth-order valence-corrected chi connectivity index (χ4v) is 2.30. The van der Waals surface area contributed by atoms with Crippen LogP contribution in [-0.2, 0) is 7.05 Å². The van der Waals surface area contributed by atoms with Gasteiger partial charge >= 0.3 is 0 Å². The third-order valence-electron chi connectivity index (χ3n) is 3.31. The van der Waals surface area contributed by atoms with Crippen molar-refractivity contribution in [3.63, 3.8) is 0 Å². The van der Waals surface area contributed by atoms with Crippen LogP contribution in [0.3, 0.4) is 0 Å². The minimum absolute atomic E-state index is 0.253. The fraction of sp³-hybridized carbons (Fsp3) is 0.353. The van der Waals surface area contributed by atoms with Crippen molar-refractivity contribution < 1.29 is 7.31 Å². The van der Waals surface area contributed by atoms with Gasteiger partial charge in [-0.2, -0.15) is 0 Å². The maximum Gasteiger partial charge on any atom is 0.212 e. The summed E-state index contributed by atoms with van der Waals surface area (Å²) in [5.74, 6) is 0.253. The summed E-state index contributed by atoms with van der Waals surface area (Å²) in [7, 11) is 1.88. The minimum Gasteiger partial charge on any atom is -0.201 e. The van der Waals surface area contributed by atoms with E-state index in [1.54, 1.807) is 0 Å². The Morgan fingerprint density at radius 1 is 1.11 bits per heavy atom. The molecule has 0 fully saturated rings. The number of pyridine rings is 1. The van der Waals surface area contributed by atoms with Crippen molar-refractivity contribution in [2.24, 2.45) is 7.05 Å². The molecule has 18 heavy (non-hydrogen) atoms. The highest BCUT2D eigenvalue weighted by molar-refractivity contribution is 5.61. The van der Waals surface area contributed by atoms with Gasteiger partial charge < -0.3 is 0 Å². The Bertz CT molecular complexity index is 631. The molecule has 0 bridgehead atoms. The molecule has 0 spiro atoms. The molecule has 0 amide bonds. The largest absolute Gasteiger partial charge is 0.212 e. The number of hydrogen-bond acceptors (Lipinski definition) is 0. The van der Waals surface area contributed by atoms with Crippen LogP contribution >= 0.6 is 0 Å². The SMILES string of the molecule is [2H]c1c(C)c(C(C)C)c([2H])[n+](C)c1-c1ccccc1C. The van der Waals surface area contributed by atoms with E-state index in [0.29, 0.717) is 12.2 Å². The first kappa shape index (κ1) is 10.3. The zero-order chi connectivity index (χ0) is 15.0. The van der Waals surface area contributed by atoms with Gasteiger partial charge in [0.2, 0.25) is 5.69 Å². The lowest BCUT2D eigenvalue weighted by Gasteiger charge is -2.11. The molecular weight excluding hydrogens is 218 g/mol. The molecule has 94 valence electrons. The maximum absolute atomic E-state index is 8.50. The number of benzene rings is 1. The molecule has 1 heteroatoms. The first-order valence-corrected chi connectivity index (χ1v) is 6.42. The summed E-state index contributed by atoms with van der Waals surface area (Å²) >= 11 is 0. The minimum atomic E-state index is 0.253. The molecule has 0 saturated heterocycles. The van der Waals surface area contributed by atoms with Crippen LogP contribution in [0.2, 0.25) is 0 Å². The van der Waals surface area contributed by atoms with Gasteiger partial charge in [0.15, 0.2) is 6.17 Å². The second kappa shape index (κ2) is 4.93. The van der Waals surface area contributed by atoms with E-state index < -0.39 is 0 Å². The lowest BCUT2D eigenvalue weighted by Crippen LogP contribution is -2.32. The first-order valence-electron chi connectivity index (χ1n) is 7.42. The van der Waals surface area contributed by atoms with Gasteiger partial charge in [-0.25, -0.2) is 4.57 Å². The van der Waals surface area contributed by atoms with Crippen molar-refractivity contribution in [1.29, 1.82) is 0 Å². The number of rotatable bonds is 2. The molecule has 0 aliphatic carbocycles. The molecule has 1 nitrogen and oxygen atoms in total. The predicted molar refractivity (Wildman–Crippen MR) is 76.6 cm³/mol. The van der Waals surface area contributed by atoms with Gasteiger partial charge in [-0.15, -0.1) is 0 Å². The number of aryl methyl sites for hydroxylation is 1. The van der Waals surface area contributed by atoms with E-state index in [1.807, 2.05) is 49.7 Å². The van der Waals surface area contributed by atoms with Crippen molar-refractivity contribution in [2.45, 2.75) is 33.6 Å². The van der Waals surface area contributed by atoms with Gasteiger partial charge in [0.25, 0.3) is 0 Å². The molecule has 0 aliphatic heterocycles. The van der Waals surface area contributed by atoms with Crippen LogP contribution in [0, 0.1) is 13.8 Å². The Balaban J connectivity index is 2.84. The Morgan fingerprint density at radius 3 is 2.39 bits per heavy atom. The molecule has 0 saturated carbocycles. The van der Waals surface area contributed by atoms with Crippen molar-refractivity contribution >= 4 is 0 Å². The summed E-state index contributed by atoms with van der Waals surface area (Å²) in [5, 5.41) is 0. The van der Waals surface area contributed by atoms with E-state index in [-0.39, 0.29) is 5.92 Å². The molecule has 2 rings (SSSR count). The topological polar surface area (TPSA) is 3.88 Å². The van der Waals surface area contributed by atoms with Crippen LogP contribution in [0.4, 0.5) is 0 Å². The van der Waals surface area contributed by atoms with Gasteiger partial charge in [0.05, 0.1) is 1.37 Å². The monoisotopic (exact) mass is 242 g/mol. The molecule has 0 N–H and O–H groups in total. The highest BCUT2D eigenvalue weighted by Gasteiger charge is 2.16. The maximum atomic E-state index is 8.50. The van der Waals surface area contributed by atoms with Crippen LogP contribution in [0.5, 0.6) is 0 Å². The first-order chi connectivity index (χ1) is 9.36.